The Balaban J connectivity index is 1.43. The standard InChI is InChI=1S/C39H50NO10P/c1-27(2)47-35-23-28(3)49-38(35)26-46-51(41,45-22-10-21-40)50-36-24-29(4)48-37(36)25-44-39(30-11-8-7-9-12-30,31-13-17-33(42-5)18-14-31)32-15-19-34(43-6)20-16-32/h7-9,11-20,27-29,35-38H,10,22-26H2,1-6H3/t28-,29-,35?,36?,37+,38+,51?/m0/s1. The Kier molecular flexibility index (Phi) is 13.7. The second-order valence-electron chi connectivity index (χ2n) is 13.1. The lowest BCUT2D eigenvalue weighted by Crippen LogP contribution is -2.38. The summed E-state index contributed by atoms with van der Waals surface area (Å²) in [6, 6.07) is 27.5. The van der Waals surface area contributed by atoms with Gasteiger partial charge >= 0.3 is 7.82 Å². The number of methoxy groups -OCH3 is 2. The predicted octanol–water partition coefficient (Wildman–Crippen LogP) is 7.60. The molecule has 0 spiro atoms. The van der Waals surface area contributed by atoms with Gasteiger partial charge in [0.25, 0.3) is 0 Å². The Morgan fingerprint density at radius 3 is 1.84 bits per heavy atom. The van der Waals surface area contributed by atoms with E-state index >= 15 is 0 Å². The van der Waals surface area contributed by atoms with Gasteiger partial charge in [-0.15, -0.1) is 0 Å². The first-order valence-corrected chi connectivity index (χ1v) is 18.9. The van der Waals surface area contributed by atoms with Crippen LogP contribution in [-0.2, 0) is 42.7 Å². The molecule has 3 aromatic carbocycles. The molecule has 12 heteroatoms. The SMILES string of the molecule is COc1ccc(C(OC[C@H]2O[C@@H](C)CC2OP(=O)(OCCC#N)OC[C@H]2O[C@@H](C)CC2OC(C)C)(c2ccccc2)c2ccc(OC)cc2)cc1. The fourth-order valence-electron chi connectivity index (χ4n) is 6.65. The molecule has 5 rings (SSSR count). The van der Waals surface area contributed by atoms with E-state index in [1.54, 1.807) is 14.2 Å². The summed E-state index contributed by atoms with van der Waals surface area (Å²) in [6.45, 7) is 7.68. The van der Waals surface area contributed by atoms with Crippen molar-refractivity contribution in [2.45, 2.75) is 95.3 Å². The van der Waals surface area contributed by atoms with Crippen molar-refractivity contribution in [2.75, 3.05) is 34.0 Å². The largest absolute Gasteiger partial charge is 0.497 e. The molecule has 0 radical (unpaired) electrons. The van der Waals surface area contributed by atoms with Gasteiger partial charge in [0.15, 0.2) is 0 Å². The van der Waals surface area contributed by atoms with Gasteiger partial charge in [0.2, 0.25) is 0 Å². The van der Waals surface area contributed by atoms with Crippen molar-refractivity contribution in [1.82, 2.24) is 0 Å². The third-order valence-corrected chi connectivity index (χ3v) is 10.5. The van der Waals surface area contributed by atoms with Gasteiger partial charge in [-0.3, -0.25) is 13.6 Å². The van der Waals surface area contributed by atoms with Gasteiger partial charge in [-0.05, 0) is 68.7 Å². The number of hydrogen-bond donors (Lipinski definition) is 0. The summed E-state index contributed by atoms with van der Waals surface area (Å²) < 4.78 is 68.6. The monoisotopic (exact) mass is 723 g/mol. The van der Waals surface area contributed by atoms with Crippen LogP contribution in [0, 0.1) is 11.3 Å². The zero-order chi connectivity index (χ0) is 36.4. The van der Waals surface area contributed by atoms with Crippen LogP contribution < -0.4 is 9.47 Å². The van der Waals surface area contributed by atoms with Crippen LogP contribution in [-0.4, -0.2) is 76.8 Å². The van der Waals surface area contributed by atoms with E-state index in [-0.39, 0.29) is 50.7 Å². The maximum atomic E-state index is 14.3. The van der Waals surface area contributed by atoms with Gasteiger partial charge in [0.1, 0.15) is 35.4 Å². The highest BCUT2D eigenvalue weighted by Crippen LogP contribution is 2.53. The Hall–Kier alpha value is -3.30. The first-order valence-electron chi connectivity index (χ1n) is 17.5. The molecule has 276 valence electrons. The van der Waals surface area contributed by atoms with Gasteiger partial charge < -0.3 is 28.4 Å². The molecule has 11 nitrogen and oxygen atoms in total. The van der Waals surface area contributed by atoms with Crippen molar-refractivity contribution in [3.63, 3.8) is 0 Å². The quantitative estimate of drug-likeness (QED) is 0.0732. The van der Waals surface area contributed by atoms with Crippen LogP contribution in [0.1, 0.15) is 63.6 Å². The second-order valence-corrected chi connectivity index (χ2v) is 14.7. The minimum Gasteiger partial charge on any atom is -0.497 e. The van der Waals surface area contributed by atoms with Crippen molar-refractivity contribution in [1.29, 1.82) is 5.26 Å². The molecule has 3 unspecified atom stereocenters. The highest BCUT2D eigenvalue weighted by Gasteiger charge is 2.45. The molecule has 2 fully saturated rings. The van der Waals surface area contributed by atoms with Gasteiger partial charge in [-0.2, -0.15) is 5.26 Å². The minimum absolute atomic E-state index is 0.0141. The third kappa shape index (κ3) is 9.78. The second kappa shape index (κ2) is 18.0. The Morgan fingerprint density at radius 1 is 0.784 bits per heavy atom. The molecule has 0 aromatic heterocycles. The minimum atomic E-state index is -4.20. The van der Waals surface area contributed by atoms with E-state index in [1.807, 2.05) is 113 Å². The molecule has 0 bridgehead atoms. The van der Waals surface area contributed by atoms with Crippen LogP contribution in [0.4, 0.5) is 0 Å². The molecule has 0 amide bonds. The first-order chi connectivity index (χ1) is 24.6. The summed E-state index contributed by atoms with van der Waals surface area (Å²) in [5.41, 5.74) is 1.52. The molecule has 7 atom stereocenters. The fraction of sp³-hybridized carbons (Fsp3) is 0.513. The summed E-state index contributed by atoms with van der Waals surface area (Å²) in [5, 5.41) is 9.17. The molecule has 3 aromatic rings. The van der Waals surface area contributed by atoms with E-state index in [9.17, 15) is 9.83 Å². The smallest absolute Gasteiger partial charge is 0.475 e. The zero-order valence-corrected chi connectivity index (χ0v) is 31.2. The topological polar surface area (TPSA) is 124 Å². The fourth-order valence-corrected chi connectivity index (χ4v) is 8.05. The van der Waals surface area contributed by atoms with E-state index in [1.165, 1.54) is 0 Å². The van der Waals surface area contributed by atoms with Gasteiger partial charge in [-0.25, -0.2) is 4.57 Å². The molecule has 2 aliphatic heterocycles. The summed E-state index contributed by atoms with van der Waals surface area (Å²) in [7, 11) is -0.944. The number of nitriles is 1. The van der Waals surface area contributed by atoms with E-state index < -0.39 is 31.7 Å². The van der Waals surface area contributed by atoms with Crippen LogP contribution in [0.2, 0.25) is 0 Å². The van der Waals surface area contributed by atoms with Gasteiger partial charge in [0, 0.05) is 12.8 Å². The lowest BCUT2D eigenvalue weighted by molar-refractivity contribution is -0.0846. The van der Waals surface area contributed by atoms with E-state index in [2.05, 4.69) is 0 Å². The maximum Gasteiger partial charge on any atom is 0.475 e. The lowest BCUT2D eigenvalue weighted by atomic mass is 9.80. The van der Waals surface area contributed by atoms with Crippen LogP contribution in [0.3, 0.4) is 0 Å². The van der Waals surface area contributed by atoms with Crippen molar-refractivity contribution in [2.24, 2.45) is 0 Å². The summed E-state index contributed by atoms with van der Waals surface area (Å²) in [4.78, 5) is 0. The van der Waals surface area contributed by atoms with Crippen molar-refractivity contribution in [3.8, 4) is 17.6 Å². The maximum absolute atomic E-state index is 14.3. The van der Waals surface area contributed by atoms with Crippen LogP contribution >= 0.6 is 7.82 Å². The molecule has 2 saturated heterocycles. The van der Waals surface area contributed by atoms with E-state index in [0.717, 1.165) is 16.7 Å². The van der Waals surface area contributed by atoms with E-state index in [0.29, 0.717) is 24.3 Å². The Morgan fingerprint density at radius 2 is 1.31 bits per heavy atom. The molecular weight excluding hydrogens is 673 g/mol. The Bertz CT molecular complexity index is 1550. The summed E-state index contributed by atoms with van der Waals surface area (Å²) in [6.07, 6.45) is -1.22. The van der Waals surface area contributed by atoms with Crippen LogP contribution in [0.25, 0.3) is 0 Å². The number of phosphoric ester groups is 1. The summed E-state index contributed by atoms with van der Waals surface area (Å²) >= 11 is 0. The highest BCUT2D eigenvalue weighted by atomic mass is 31.2. The number of ether oxygens (including phenoxy) is 6. The summed E-state index contributed by atoms with van der Waals surface area (Å²) in [5.74, 6) is 1.42. The molecular formula is C39H50NO10P. The zero-order valence-electron chi connectivity index (χ0n) is 30.3. The highest BCUT2D eigenvalue weighted by molar-refractivity contribution is 7.48. The first kappa shape index (κ1) is 38.9. The lowest BCUT2D eigenvalue weighted by Gasteiger charge is -2.37. The normalized spacial score (nSPS) is 24.7. The van der Waals surface area contributed by atoms with Crippen LogP contribution in [0.5, 0.6) is 11.5 Å². The van der Waals surface area contributed by atoms with Crippen LogP contribution in [0.15, 0.2) is 78.9 Å². The van der Waals surface area contributed by atoms with Crippen molar-refractivity contribution >= 4 is 7.82 Å². The number of benzene rings is 3. The molecule has 2 heterocycles. The molecule has 2 aliphatic rings. The Labute approximate surface area is 301 Å². The number of nitrogens with zero attached hydrogens (tertiary/aromatic N) is 1. The van der Waals surface area contributed by atoms with Crippen molar-refractivity contribution < 1.29 is 46.6 Å². The predicted molar refractivity (Wildman–Crippen MR) is 191 cm³/mol. The number of hydrogen-bond acceptors (Lipinski definition) is 11. The third-order valence-electron chi connectivity index (χ3n) is 8.98. The number of rotatable bonds is 18. The average Bonchev–Trinajstić information content (AvgIpc) is 3.67. The molecule has 0 saturated carbocycles. The molecule has 0 N–H and O–H groups in total. The van der Waals surface area contributed by atoms with Gasteiger partial charge in [0.05, 0.1) is 70.9 Å². The van der Waals surface area contributed by atoms with E-state index in [4.69, 9.17) is 42.0 Å². The average molecular weight is 724 g/mol. The van der Waals surface area contributed by atoms with Gasteiger partial charge in [-0.1, -0.05) is 54.6 Å². The molecule has 51 heavy (non-hydrogen) atoms. The number of phosphoric acid groups is 1. The molecule has 0 aliphatic carbocycles. The van der Waals surface area contributed by atoms with Crippen molar-refractivity contribution in [3.05, 3.63) is 95.6 Å².